The van der Waals surface area contributed by atoms with E-state index in [4.69, 9.17) is 21.1 Å². The second-order valence-corrected chi connectivity index (χ2v) is 8.22. The van der Waals surface area contributed by atoms with Crippen molar-refractivity contribution in [3.63, 3.8) is 0 Å². The fourth-order valence-corrected chi connectivity index (χ4v) is 4.47. The molecule has 0 spiro atoms. The summed E-state index contributed by atoms with van der Waals surface area (Å²) in [6, 6.07) is 15.3. The second-order valence-electron chi connectivity index (χ2n) is 6.24. The predicted molar refractivity (Wildman–Crippen MR) is 105 cm³/mol. The number of nitrogens with one attached hydrogen (secondary N) is 1. The van der Waals surface area contributed by atoms with Crippen LogP contribution in [-0.2, 0) is 4.74 Å². The van der Waals surface area contributed by atoms with Crippen LogP contribution in [0.15, 0.2) is 53.4 Å². The molecule has 1 amide bonds. The maximum Gasteiger partial charge on any atom is 0.255 e. The van der Waals surface area contributed by atoms with Gasteiger partial charge in [-0.05, 0) is 43.2 Å². The van der Waals surface area contributed by atoms with Gasteiger partial charge >= 0.3 is 0 Å². The van der Waals surface area contributed by atoms with Crippen LogP contribution in [-0.4, -0.2) is 37.5 Å². The Morgan fingerprint density at radius 1 is 1.23 bits per heavy atom. The van der Waals surface area contributed by atoms with Crippen molar-refractivity contribution in [2.45, 2.75) is 22.5 Å². The van der Waals surface area contributed by atoms with Crippen molar-refractivity contribution in [1.29, 1.82) is 0 Å². The lowest BCUT2D eigenvalue weighted by Gasteiger charge is -2.36. The van der Waals surface area contributed by atoms with Crippen molar-refractivity contribution in [3.8, 4) is 5.75 Å². The van der Waals surface area contributed by atoms with Gasteiger partial charge in [-0.2, -0.15) is 0 Å². The molecule has 1 aliphatic rings. The maximum absolute atomic E-state index is 12.7. The summed E-state index contributed by atoms with van der Waals surface area (Å²) in [7, 11) is 1.55. The number of amides is 1. The van der Waals surface area contributed by atoms with Crippen LogP contribution in [0.1, 0.15) is 23.2 Å². The number of hydrogen-bond donors (Lipinski definition) is 1. The van der Waals surface area contributed by atoms with E-state index in [-0.39, 0.29) is 10.7 Å². The van der Waals surface area contributed by atoms with Gasteiger partial charge in [-0.3, -0.25) is 4.79 Å². The molecule has 1 aliphatic heterocycles. The molecule has 4 nitrogen and oxygen atoms in total. The molecule has 0 atom stereocenters. The second kappa shape index (κ2) is 8.80. The van der Waals surface area contributed by atoms with E-state index >= 15 is 0 Å². The molecule has 6 heteroatoms. The minimum atomic E-state index is -0.177. The smallest absolute Gasteiger partial charge is 0.255 e. The summed E-state index contributed by atoms with van der Waals surface area (Å²) in [4.78, 5) is 13.9. The molecule has 0 bridgehead atoms. The molecule has 2 aromatic carbocycles. The van der Waals surface area contributed by atoms with Gasteiger partial charge in [0.25, 0.3) is 5.91 Å². The Balaban J connectivity index is 1.74. The molecule has 0 saturated carbocycles. The number of carbonyl (C=O) groups is 1. The van der Waals surface area contributed by atoms with Gasteiger partial charge in [0.1, 0.15) is 5.75 Å². The topological polar surface area (TPSA) is 47.6 Å². The first kappa shape index (κ1) is 19.1. The first-order valence-electron chi connectivity index (χ1n) is 8.55. The minimum Gasteiger partial charge on any atom is -0.496 e. The predicted octanol–water partition coefficient (Wildman–Crippen LogP) is 4.42. The van der Waals surface area contributed by atoms with Crippen molar-refractivity contribution in [3.05, 3.63) is 59.1 Å². The zero-order valence-corrected chi connectivity index (χ0v) is 16.2. The molecule has 1 fully saturated rings. The number of benzene rings is 2. The standard InChI is InChI=1S/C20H22ClNO3S/c1-24-18-8-7-15(21)13-17(18)19(23)22-14-20(9-11-25-12-10-20)26-16-5-3-2-4-6-16/h2-8,13H,9-12,14H2,1H3,(H,22,23). The Kier molecular flexibility index (Phi) is 6.46. The zero-order valence-electron chi connectivity index (χ0n) is 14.7. The van der Waals surface area contributed by atoms with E-state index in [1.807, 2.05) is 30.0 Å². The number of rotatable bonds is 6. The molecule has 2 aromatic rings. The number of carbonyl (C=O) groups excluding carboxylic acids is 1. The first-order valence-corrected chi connectivity index (χ1v) is 9.75. The summed E-state index contributed by atoms with van der Waals surface area (Å²) in [6.45, 7) is 1.97. The Labute approximate surface area is 163 Å². The molecule has 26 heavy (non-hydrogen) atoms. The van der Waals surface area contributed by atoms with Crippen LogP contribution in [0, 0.1) is 0 Å². The average molecular weight is 392 g/mol. The fourth-order valence-electron chi connectivity index (χ4n) is 2.99. The van der Waals surface area contributed by atoms with Crippen molar-refractivity contribution in [1.82, 2.24) is 5.32 Å². The van der Waals surface area contributed by atoms with Crippen LogP contribution < -0.4 is 10.1 Å². The summed E-state index contributed by atoms with van der Waals surface area (Å²) < 4.78 is 10.7. The highest BCUT2D eigenvalue weighted by Gasteiger charge is 2.34. The summed E-state index contributed by atoms with van der Waals surface area (Å²) in [5, 5.41) is 3.59. The van der Waals surface area contributed by atoms with Gasteiger partial charge in [-0.25, -0.2) is 0 Å². The van der Waals surface area contributed by atoms with E-state index < -0.39 is 0 Å². The summed E-state index contributed by atoms with van der Waals surface area (Å²) in [5.74, 6) is 0.340. The molecule has 138 valence electrons. The first-order chi connectivity index (χ1) is 12.6. The summed E-state index contributed by atoms with van der Waals surface area (Å²) in [5.41, 5.74) is 0.451. The van der Waals surface area contributed by atoms with Crippen LogP contribution in [0.3, 0.4) is 0 Å². The Hall–Kier alpha value is -1.69. The van der Waals surface area contributed by atoms with Crippen LogP contribution in [0.4, 0.5) is 0 Å². The summed E-state index contributed by atoms with van der Waals surface area (Å²) in [6.07, 6.45) is 1.78. The van der Waals surface area contributed by atoms with Gasteiger partial charge in [0.15, 0.2) is 0 Å². The third-order valence-corrected chi connectivity index (χ3v) is 6.19. The van der Waals surface area contributed by atoms with Gasteiger partial charge < -0.3 is 14.8 Å². The molecule has 0 aromatic heterocycles. The molecule has 0 aliphatic carbocycles. The van der Waals surface area contributed by atoms with Crippen molar-refractivity contribution < 1.29 is 14.3 Å². The largest absolute Gasteiger partial charge is 0.496 e. The van der Waals surface area contributed by atoms with Crippen LogP contribution in [0.2, 0.25) is 5.02 Å². The van der Waals surface area contributed by atoms with Crippen LogP contribution >= 0.6 is 23.4 Å². The molecule has 1 heterocycles. The molecule has 0 unspecified atom stereocenters. The van der Waals surface area contributed by atoms with Crippen LogP contribution in [0.25, 0.3) is 0 Å². The van der Waals surface area contributed by atoms with E-state index in [9.17, 15) is 4.79 Å². The Bertz CT molecular complexity index is 748. The molecule has 0 radical (unpaired) electrons. The normalized spacial score (nSPS) is 16.1. The average Bonchev–Trinajstić information content (AvgIpc) is 2.67. The zero-order chi connectivity index (χ0) is 18.4. The van der Waals surface area contributed by atoms with Gasteiger partial charge in [0, 0.05) is 34.4 Å². The van der Waals surface area contributed by atoms with Gasteiger partial charge in [-0.15, -0.1) is 11.8 Å². The quantitative estimate of drug-likeness (QED) is 0.791. The highest BCUT2D eigenvalue weighted by molar-refractivity contribution is 8.00. The van der Waals surface area contributed by atoms with E-state index in [2.05, 4.69) is 17.4 Å². The van der Waals surface area contributed by atoms with Crippen molar-refractivity contribution in [2.24, 2.45) is 0 Å². The third-order valence-electron chi connectivity index (χ3n) is 4.46. The van der Waals surface area contributed by atoms with Crippen molar-refractivity contribution in [2.75, 3.05) is 26.9 Å². The molecule has 1 N–H and O–H groups in total. The Morgan fingerprint density at radius 3 is 2.65 bits per heavy atom. The van der Waals surface area contributed by atoms with E-state index in [0.717, 1.165) is 12.8 Å². The lowest BCUT2D eigenvalue weighted by atomic mass is 9.99. The molecular weight excluding hydrogens is 370 g/mol. The van der Waals surface area contributed by atoms with E-state index in [1.54, 1.807) is 25.3 Å². The number of methoxy groups -OCH3 is 1. The maximum atomic E-state index is 12.7. The van der Waals surface area contributed by atoms with Crippen molar-refractivity contribution >= 4 is 29.3 Å². The summed E-state index contributed by atoms with van der Waals surface area (Å²) >= 11 is 7.86. The van der Waals surface area contributed by atoms with Gasteiger partial charge in [0.2, 0.25) is 0 Å². The lowest BCUT2D eigenvalue weighted by molar-refractivity contribution is 0.0740. The SMILES string of the molecule is COc1ccc(Cl)cc1C(=O)NCC1(Sc2ccccc2)CCOCC1. The lowest BCUT2D eigenvalue weighted by Crippen LogP contribution is -2.44. The fraction of sp³-hybridized carbons (Fsp3) is 0.350. The number of halogens is 1. The third kappa shape index (κ3) is 4.72. The highest BCUT2D eigenvalue weighted by atomic mass is 35.5. The van der Waals surface area contributed by atoms with E-state index in [0.29, 0.717) is 36.1 Å². The van der Waals surface area contributed by atoms with E-state index in [1.165, 1.54) is 4.90 Å². The van der Waals surface area contributed by atoms with Crippen LogP contribution in [0.5, 0.6) is 5.75 Å². The van der Waals surface area contributed by atoms with Gasteiger partial charge in [-0.1, -0.05) is 29.8 Å². The number of ether oxygens (including phenoxy) is 2. The Morgan fingerprint density at radius 2 is 1.96 bits per heavy atom. The monoisotopic (exact) mass is 391 g/mol. The minimum absolute atomic E-state index is 0.0823. The molecular formula is C20H22ClNO3S. The van der Waals surface area contributed by atoms with Gasteiger partial charge in [0.05, 0.1) is 12.7 Å². The molecule has 3 rings (SSSR count). The number of hydrogen-bond acceptors (Lipinski definition) is 4. The molecule has 1 saturated heterocycles. The number of thioether (sulfide) groups is 1. The highest BCUT2D eigenvalue weighted by Crippen LogP contribution is 2.40.